The molecule has 3 rings (SSSR count). The third-order valence-electron chi connectivity index (χ3n) is 4.86. The first-order valence-corrected chi connectivity index (χ1v) is 11.1. The van der Waals surface area contributed by atoms with Crippen molar-refractivity contribution in [3.8, 4) is 0 Å². The lowest BCUT2D eigenvalue weighted by molar-refractivity contribution is 0.521. The summed E-state index contributed by atoms with van der Waals surface area (Å²) in [4.78, 5) is 5.02. The predicted molar refractivity (Wildman–Crippen MR) is 114 cm³/mol. The lowest BCUT2D eigenvalue weighted by Crippen LogP contribution is -2.22. The molecule has 0 spiro atoms. The van der Waals surface area contributed by atoms with Crippen molar-refractivity contribution >= 4 is 26.7 Å². The van der Waals surface area contributed by atoms with E-state index in [0.29, 0.717) is 12.1 Å². The highest BCUT2D eigenvalue weighted by molar-refractivity contribution is 7.89. The molecule has 7 heteroatoms. The Balaban J connectivity index is 1.98. The maximum absolute atomic E-state index is 12.5. The van der Waals surface area contributed by atoms with Crippen LogP contribution in [0.15, 0.2) is 47.4 Å². The number of para-hydroxylation sites is 1. The zero-order valence-corrected chi connectivity index (χ0v) is 17.8. The number of nitrogens with zero attached hydrogens (tertiary/aromatic N) is 3. The van der Waals surface area contributed by atoms with E-state index in [4.69, 9.17) is 4.98 Å². The van der Waals surface area contributed by atoms with Gasteiger partial charge in [0.15, 0.2) is 0 Å². The second-order valence-corrected chi connectivity index (χ2v) is 9.13. The topological polar surface area (TPSA) is 67.2 Å². The lowest BCUT2D eigenvalue weighted by Gasteiger charge is -2.13. The molecular formula is C21H28N4O2S. The van der Waals surface area contributed by atoms with E-state index in [1.807, 2.05) is 18.2 Å². The van der Waals surface area contributed by atoms with Gasteiger partial charge in [-0.3, -0.25) is 0 Å². The van der Waals surface area contributed by atoms with E-state index in [1.54, 1.807) is 12.1 Å². The molecule has 0 amide bonds. The largest absolute Gasteiger partial charge is 0.378 e. The molecule has 1 N–H and O–H groups in total. The Labute approximate surface area is 167 Å². The first kappa shape index (κ1) is 20.4. The Morgan fingerprint density at radius 3 is 2.54 bits per heavy atom. The zero-order valence-electron chi connectivity index (χ0n) is 16.9. The molecule has 0 aliphatic carbocycles. The number of fused-ring (bicyclic) bond motifs is 1. The molecule has 28 heavy (non-hydrogen) atoms. The molecule has 0 bridgehead atoms. The van der Waals surface area contributed by atoms with Gasteiger partial charge in [0.1, 0.15) is 5.82 Å². The van der Waals surface area contributed by atoms with Gasteiger partial charge in [0.05, 0.1) is 22.5 Å². The molecule has 1 heterocycles. The van der Waals surface area contributed by atoms with Crippen LogP contribution in [0.25, 0.3) is 11.0 Å². The Morgan fingerprint density at radius 2 is 1.86 bits per heavy atom. The van der Waals surface area contributed by atoms with Gasteiger partial charge in [-0.2, -0.15) is 0 Å². The van der Waals surface area contributed by atoms with Crippen LogP contribution in [0.1, 0.15) is 31.7 Å². The van der Waals surface area contributed by atoms with Crippen molar-refractivity contribution < 1.29 is 8.42 Å². The maximum Gasteiger partial charge on any atom is 0.242 e. The summed E-state index contributed by atoms with van der Waals surface area (Å²) in [6.45, 7) is 5.68. The van der Waals surface area contributed by atoms with E-state index in [9.17, 15) is 8.42 Å². The standard InChI is InChI=1S/C21H28N4O2S/c1-5-13-25-20-12-11-17(28(26,27)24(3)4)14-19(20)23-21(25)15-22-18-10-8-7-9-16(18)6-2/h7-12,14,22H,5-6,13,15H2,1-4H3. The molecule has 2 aromatic carbocycles. The van der Waals surface area contributed by atoms with E-state index < -0.39 is 10.0 Å². The van der Waals surface area contributed by atoms with Crippen LogP contribution in [0.2, 0.25) is 0 Å². The second-order valence-electron chi connectivity index (χ2n) is 6.98. The van der Waals surface area contributed by atoms with Crippen molar-refractivity contribution in [2.24, 2.45) is 0 Å². The van der Waals surface area contributed by atoms with Crippen LogP contribution < -0.4 is 5.32 Å². The average molecular weight is 401 g/mol. The monoisotopic (exact) mass is 400 g/mol. The Hall–Kier alpha value is -2.38. The number of rotatable bonds is 8. The van der Waals surface area contributed by atoms with Crippen LogP contribution in [0.4, 0.5) is 5.69 Å². The summed E-state index contributed by atoms with van der Waals surface area (Å²) in [5, 5.41) is 3.49. The summed E-state index contributed by atoms with van der Waals surface area (Å²) in [7, 11) is -0.405. The molecule has 0 saturated heterocycles. The molecule has 0 radical (unpaired) electrons. The van der Waals surface area contributed by atoms with Crippen LogP contribution in [0.3, 0.4) is 0 Å². The van der Waals surface area contributed by atoms with Crippen LogP contribution in [-0.4, -0.2) is 36.4 Å². The normalized spacial score (nSPS) is 12.0. The number of aromatic nitrogens is 2. The fraction of sp³-hybridized carbons (Fsp3) is 0.381. The first-order valence-electron chi connectivity index (χ1n) is 9.62. The van der Waals surface area contributed by atoms with E-state index in [0.717, 1.165) is 36.4 Å². The minimum atomic E-state index is -3.48. The Kier molecular flexibility index (Phi) is 6.05. The van der Waals surface area contributed by atoms with E-state index >= 15 is 0 Å². The number of imidazole rings is 1. The number of sulfonamides is 1. The molecule has 150 valence electrons. The molecule has 0 unspecified atom stereocenters. The van der Waals surface area contributed by atoms with Gasteiger partial charge >= 0.3 is 0 Å². The molecule has 0 aliphatic rings. The molecule has 1 aromatic heterocycles. The fourth-order valence-electron chi connectivity index (χ4n) is 3.31. The molecule has 0 aliphatic heterocycles. The summed E-state index contributed by atoms with van der Waals surface area (Å²) in [5.74, 6) is 0.905. The molecule has 0 saturated carbocycles. The number of aryl methyl sites for hydroxylation is 2. The van der Waals surface area contributed by atoms with Crippen LogP contribution in [0, 0.1) is 0 Å². The zero-order chi connectivity index (χ0) is 20.3. The number of hydrogen-bond acceptors (Lipinski definition) is 4. The summed E-state index contributed by atoms with van der Waals surface area (Å²) >= 11 is 0. The number of anilines is 1. The highest BCUT2D eigenvalue weighted by Crippen LogP contribution is 2.23. The Bertz CT molecular complexity index is 1070. The van der Waals surface area contributed by atoms with Crippen LogP contribution in [0.5, 0.6) is 0 Å². The highest BCUT2D eigenvalue weighted by atomic mass is 32.2. The SMILES string of the molecule is CCCn1c(CNc2ccccc2CC)nc2cc(S(=O)(=O)N(C)C)ccc21. The predicted octanol–water partition coefficient (Wildman–Crippen LogP) is 3.87. The molecule has 0 atom stereocenters. The fourth-order valence-corrected chi connectivity index (χ4v) is 4.24. The minimum Gasteiger partial charge on any atom is -0.378 e. The number of benzene rings is 2. The lowest BCUT2D eigenvalue weighted by atomic mass is 10.1. The van der Waals surface area contributed by atoms with E-state index in [1.165, 1.54) is 24.0 Å². The second kappa shape index (κ2) is 8.32. The molecular weight excluding hydrogens is 372 g/mol. The quantitative estimate of drug-likeness (QED) is 0.623. The van der Waals surface area contributed by atoms with Gasteiger partial charge in [-0.1, -0.05) is 32.0 Å². The van der Waals surface area contributed by atoms with Crippen molar-refractivity contribution in [1.82, 2.24) is 13.9 Å². The van der Waals surface area contributed by atoms with Crippen molar-refractivity contribution in [1.29, 1.82) is 0 Å². The van der Waals surface area contributed by atoms with E-state index in [-0.39, 0.29) is 4.90 Å². The van der Waals surface area contributed by atoms with Gasteiger partial charge in [-0.05, 0) is 42.7 Å². The number of nitrogens with one attached hydrogen (secondary N) is 1. The molecule has 3 aromatic rings. The maximum atomic E-state index is 12.5. The van der Waals surface area contributed by atoms with Gasteiger partial charge < -0.3 is 9.88 Å². The van der Waals surface area contributed by atoms with Crippen molar-refractivity contribution in [2.45, 2.75) is 44.7 Å². The summed E-state index contributed by atoms with van der Waals surface area (Å²) < 4.78 is 28.3. The van der Waals surface area contributed by atoms with Crippen molar-refractivity contribution in [3.63, 3.8) is 0 Å². The smallest absolute Gasteiger partial charge is 0.242 e. The molecule has 0 fully saturated rings. The van der Waals surface area contributed by atoms with Crippen molar-refractivity contribution in [3.05, 3.63) is 53.9 Å². The van der Waals surface area contributed by atoms with Gasteiger partial charge in [0.25, 0.3) is 0 Å². The van der Waals surface area contributed by atoms with E-state index in [2.05, 4.69) is 35.9 Å². The average Bonchev–Trinajstić information content (AvgIpc) is 3.03. The first-order chi connectivity index (χ1) is 13.4. The van der Waals surface area contributed by atoms with Gasteiger partial charge in [-0.15, -0.1) is 0 Å². The Morgan fingerprint density at radius 1 is 1.11 bits per heavy atom. The molecule has 6 nitrogen and oxygen atoms in total. The highest BCUT2D eigenvalue weighted by Gasteiger charge is 2.19. The van der Waals surface area contributed by atoms with Crippen LogP contribution in [-0.2, 0) is 29.5 Å². The minimum absolute atomic E-state index is 0.266. The summed E-state index contributed by atoms with van der Waals surface area (Å²) in [6, 6.07) is 13.5. The van der Waals surface area contributed by atoms with Crippen molar-refractivity contribution in [2.75, 3.05) is 19.4 Å². The van der Waals surface area contributed by atoms with Gasteiger partial charge in [0.2, 0.25) is 10.0 Å². The van der Waals surface area contributed by atoms with Gasteiger partial charge in [0, 0.05) is 26.3 Å². The van der Waals surface area contributed by atoms with Crippen LogP contribution >= 0.6 is 0 Å². The van der Waals surface area contributed by atoms with Gasteiger partial charge in [-0.25, -0.2) is 17.7 Å². The third kappa shape index (κ3) is 3.91. The summed E-state index contributed by atoms with van der Waals surface area (Å²) in [6.07, 6.45) is 1.93. The number of hydrogen-bond donors (Lipinski definition) is 1. The summed E-state index contributed by atoms with van der Waals surface area (Å²) in [5.41, 5.74) is 4.04. The third-order valence-corrected chi connectivity index (χ3v) is 6.67.